The molecule has 1 fully saturated rings. The molecule has 1 aromatic carbocycles. The normalized spacial score (nSPS) is 17.1. The molecule has 0 aromatic heterocycles. The Morgan fingerprint density at radius 2 is 1.87 bits per heavy atom. The number of rotatable bonds is 2. The first kappa shape index (κ1) is 12.7. The van der Waals surface area contributed by atoms with E-state index < -0.39 is 17.7 Å². The summed E-state index contributed by atoms with van der Waals surface area (Å²) in [6, 6.07) is 1.68. The summed E-state index contributed by atoms with van der Waals surface area (Å²) >= 11 is 5.43. The molecule has 0 bridgehead atoms. The van der Waals surface area contributed by atoms with E-state index in [2.05, 4.69) is 0 Å². The highest BCUT2D eigenvalue weighted by molar-refractivity contribution is 6.30. The van der Waals surface area contributed by atoms with Gasteiger partial charge in [-0.05, 0) is 30.9 Å². The van der Waals surface area contributed by atoms with Gasteiger partial charge in [-0.3, -0.25) is 0 Å². The maximum Gasteiger partial charge on any atom is 0.142 e. The molecule has 5 heteroatoms. The Bertz CT molecular complexity index is 367. The second kappa shape index (κ2) is 4.64. The average Bonchev–Trinajstić information content (AvgIpc) is 2.93. The molecule has 84 valence electrons. The third-order valence-electron chi connectivity index (χ3n) is 2.53. The highest BCUT2D eigenvalue weighted by atomic mass is 35.5. The van der Waals surface area contributed by atoms with Gasteiger partial charge in [0.05, 0.1) is 5.02 Å². The molecule has 1 aliphatic rings. The van der Waals surface area contributed by atoms with Crippen molar-refractivity contribution in [3.05, 3.63) is 34.4 Å². The van der Waals surface area contributed by atoms with Crippen LogP contribution in [0.5, 0.6) is 0 Å². The Morgan fingerprint density at radius 3 is 2.40 bits per heavy atom. The van der Waals surface area contributed by atoms with Crippen molar-refractivity contribution in [3.63, 3.8) is 0 Å². The average molecular weight is 254 g/mol. The van der Waals surface area contributed by atoms with Crippen LogP contribution < -0.4 is 5.73 Å². The molecule has 1 nitrogen and oxygen atoms in total. The second-order valence-corrected chi connectivity index (χ2v) is 4.06. The van der Waals surface area contributed by atoms with Gasteiger partial charge in [-0.1, -0.05) is 11.6 Å². The van der Waals surface area contributed by atoms with E-state index in [9.17, 15) is 8.78 Å². The van der Waals surface area contributed by atoms with Crippen molar-refractivity contribution in [2.24, 2.45) is 11.7 Å². The number of hydrogen-bond donors (Lipinski definition) is 1. The molecule has 15 heavy (non-hydrogen) atoms. The summed E-state index contributed by atoms with van der Waals surface area (Å²) in [5, 5.41) is -0.200. The second-order valence-electron chi connectivity index (χ2n) is 3.65. The number of nitrogens with two attached hydrogens (primary N) is 1. The smallest absolute Gasteiger partial charge is 0.142 e. The fourth-order valence-corrected chi connectivity index (χ4v) is 1.65. The number of benzene rings is 1. The predicted octanol–water partition coefficient (Wildman–Crippen LogP) is 3.45. The van der Waals surface area contributed by atoms with Crippen LogP contribution in [-0.4, -0.2) is 0 Å². The zero-order valence-corrected chi connectivity index (χ0v) is 9.42. The van der Waals surface area contributed by atoms with Crippen molar-refractivity contribution < 1.29 is 8.78 Å². The molecule has 1 atom stereocenters. The van der Waals surface area contributed by atoms with Crippen molar-refractivity contribution >= 4 is 24.0 Å². The highest BCUT2D eigenvalue weighted by Crippen LogP contribution is 2.40. The minimum absolute atomic E-state index is 0. The van der Waals surface area contributed by atoms with Crippen molar-refractivity contribution in [1.29, 1.82) is 0 Å². The van der Waals surface area contributed by atoms with Gasteiger partial charge in [-0.25, -0.2) is 8.78 Å². The van der Waals surface area contributed by atoms with Crippen LogP contribution in [0.25, 0.3) is 0 Å². The Kier molecular flexibility index (Phi) is 3.93. The summed E-state index contributed by atoms with van der Waals surface area (Å²) in [4.78, 5) is 0. The number of halogens is 4. The standard InChI is InChI=1S/C10H10ClF2N.ClH/c11-7-4-8(12)6(3-9(7)13)10(14)5-1-2-5;/h3-5,10H,1-2,14H2;1H/t10-;/m1./s1. The molecular weight excluding hydrogens is 243 g/mol. The third kappa shape index (κ3) is 2.60. The van der Waals surface area contributed by atoms with Gasteiger partial charge in [0, 0.05) is 11.6 Å². The Morgan fingerprint density at radius 1 is 1.27 bits per heavy atom. The first-order chi connectivity index (χ1) is 6.59. The van der Waals surface area contributed by atoms with Crippen molar-refractivity contribution in [3.8, 4) is 0 Å². The van der Waals surface area contributed by atoms with E-state index in [1.54, 1.807) is 0 Å². The van der Waals surface area contributed by atoms with Gasteiger partial charge < -0.3 is 5.73 Å². The van der Waals surface area contributed by atoms with E-state index in [1.807, 2.05) is 0 Å². The quantitative estimate of drug-likeness (QED) is 0.803. The molecule has 2 N–H and O–H groups in total. The van der Waals surface area contributed by atoms with Crippen LogP contribution in [-0.2, 0) is 0 Å². The number of hydrogen-bond acceptors (Lipinski definition) is 1. The minimum Gasteiger partial charge on any atom is -0.324 e. The van der Waals surface area contributed by atoms with Crippen LogP contribution in [0.15, 0.2) is 12.1 Å². The van der Waals surface area contributed by atoms with Gasteiger partial charge in [0.2, 0.25) is 0 Å². The van der Waals surface area contributed by atoms with E-state index in [4.69, 9.17) is 17.3 Å². The predicted molar refractivity (Wildman–Crippen MR) is 58.3 cm³/mol. The molecule has 0 unspecified atom stereocenters. The zero-order valence-electron chi connectivity index (χ0n) is 7.84. The third-order valence-corrected chi connectivity index (χ3v) is 2.82. The van der Waals surface area contributed by atoms with Gasteiger partial charge >= 0.3 is 0 Å². The molecule has 1 saturated carbocycles. The van der Waals surface area contributed by atoms with Crippen LogP contribution in [0, 0.1) is 17.6 Å². The molecular formula is C10H11Cl2F2N. The molecule has 0 heterocycles. The van der Waals surface area contributed by atoms with Gasteiger partial charge in [0.1, 0.15) is 11.6 Å². The fraction of sp³-hybridized carbons (Fsp3) is 0.400. The van der Waals surface area contributed by atoms with E-state index in [-0.39, 0.29) is 23.0 Å². The van der Waals surface area contributed by atoms with Crippen molar-refractivity contribution in [2.75, 3.05) is 0 Å². The minimum atomic E-state index is -0.612. The summed E-state index contributed by atoms with van der Waals surface area (Å²) < 4.78 is 26.4. The lowest BCUT2D eigenvalue weighted by Crippen LogP contribution is -2.14. The van der Waals surface area contributed by atoms with Crippen LogP contribution in [0.4, 0.5) is 8.78 Å². The lowest BCUT2D eigenvalue weighted by Gasteiger charge is -2.12. The zero-order chi connectivity index (χ0) is 10.3. The highest BCUT2D eigenvalue weighted by Gasteiger charge is 2.31. The molecule has 1 aromatic rings. The van der Waals surface area contributed by atoms with Crippen LogP contribution in [0.1, 0.15) is 24.4 Å². The lowest BCUT2D eigenvalue weighted by molar-refractivity contribution is 0.540. The summed E-state index contributed by atoms with van der Waals surface area (Å²) in [6.45, 7) is 0. The van der Waals surface area contributed by atoms with E-state index in [0.717, 1.165) is 25.0 Å². The van der Waals surface area contributed by atoms with Crippen molar-refractivity contribution in [2.45, 2.75) is 18.9 Å². The maximum atomic E-state index is 13.3. The van der Waals surface area contributed by atoms with Gasteiger partial charge in [0.25, 0.3) is 0 Å². The summed E-state index contributed by atoms with van der Waals surface area (Å²) in [7, 11) is 0. The summed E-state index contributed by atoms with van der Waals surface area (Å²) in [5.74, 6) is -0.833. The molecule has 0 saturated heterocycles. The molecule has 0 aliphatic heterocycles. The SMILES string of the molecule is Cl.N[C@@H](c1cc(F)c(Cl)cc1F)C1CC1. The van der Waals surface area contributed by atoms with E-state index in [0.29, 0.717) is 5.92 Å². The summed E-state index contributed by atoms with van der Waals surface area (Å²) in [5.41, 5.74) is 6.00. The topological polar surface area (TPSA) is 26.0 Å². The van der Waals surface area contributed by atoms with Crippen LogP contribution >= 0.6 is 24.0 Å². The van der Waals surface area contributed by atoms with Crippen molar-refractivity contribution in [1.82, 2.24) is 0 Å². The largest absolute Gasteiger partial charge is 0.324 e. The molecule has 0 spiro atoms. The van der Waals surface area contributed by atoms with Gasteiger partial charge in [-0.15, -0.1) is 12.4 Å². The lowest BCUT2D eigenvalue weighted by atomic mass is 10.0. The first-order valence-electron chi connectivity index (χ1n) is 4.49. The first-order valence-corrected chi connectivity index (χ1v) is 4.87. The molecule has 0 amide bonds. The van der Waals surface area contributed by atoms with Gasteiger partial charge in [0.15, 0.2) is 0 Å². The van der Waals surface area contributed by atoms with Crippen LogP contribution in [0.3, 0.4) is 0 Å². The molecule has 2 rings (SSSR count). The summed E-state index contributed by atoms with van der Waals surface area (Å²) in [6.07, 6.45) is 1.98. The van der Waals surface area contributed by atoms with Gasteiger partial charge in [-0.2, -0.15) is 0 Å². The van der Waals surface area contributed by atoms with Crippen LogP contribution in [0.2, 0.25) is 5.02 Å². The fourth-order valence-electron chi connectivity index (χ4n) is 1.50. The Balaban J connectivity index is 0.00000112. The Labute approximate surface area is 98.0 Å². The maximum absolute atomic E-state index is 13.3. The molecule has 1 aliphatic carbocycles. The van der Waals surface area contributed by atoms with E-state index >= 15 is 0 Å². The Hall–Kier alpha value is -0.380. The molecule has 0 radical (unpaired) electrons. The van der Waals surface area contributed by atoms with E-state index in [1.165, 1.54) is 0 Å². The monoisotopic (exact) mass is 253 g/mol.